The number of aromatic nitrogens is 1. The molecule has 5 heteroatoms. The molecule has 19 heavy (non-hydrogen) atoms. The molecule has 0 aliphatic heterocycles. The number of aldehydes is 1. The van der Waals surface area contributed by atoms with Crippen molar-refractivity contribution in [3.05, 3.63) is 34.8 Å². The van der Waals surface area contributed by atoms with Crippen LogP contribution in [0.1, 0.15) is 23.2 Å². The van der Waals surface area contributed by atoms with Crippen molar-refractivity contribution in [2.45, 2.75) is 12.8 Å². The maximum absolute atomic E-state index is 11.1. The van der Waals surface area contributed by atoms with E-state index in [4.69, 9.17) is 5.11 Å². The predicted octanol–water partition coefficient (Wildman–Crippen LogP) is -0.271. The minimum absolute atomic E-state index is 0.0299. The van der Waals surface area contributed by atoms with Gasteiger partial charge in [-0.05, 0) is 19.4 Å². The summed E-state index contributed by atoms with van der Waals surface area (Å²) in [5, 5.41) is 17.1. The van der Waals surface area contributed by atoms with Gasteiger partial charge in [0.15, 0.2) is 12.2 Å². The highest BCUT2D eigenvalue weighted by atomic mass is 16.3. The second kappa shape index (κ2) is 5.65. The Balaban J connectivity index is 2.24. The molecule has 1 aliphatic rings. The van der Waals surface area contributed by atoms with Gasteiger partial charge in [-0.3, -0.25) is 4.79 Å². The molecule has 1 heterocycles. The van der Waals surface area contributed by atoms with Crippen LogP contribution in [0, 0.1) is 0 Å². The van der Waals surface area contributed by atoms with Gasteiger partial charge in [-0.15, -0.1) is 0 Å². The number of fused-ring (bicyclic) bond motifs is 1. The van der Waals surface area contributed by atoms with Crippen molar-refractivity contribution in [2.24, 2.45) is 7.05 Å². The van der Waals surface area contributed by atoms with Gasteiger partial charge in [0.25, 0.3) is 0 Å². The molecule has 1 aliphatic carbocycles. The monoisotopic (exact) mass is 261 g/mol. The van der Waals surface area contributed by atoms with Crippen molar-refractivity contribution in [2.75, 3.05) is 13.1 Å². The third kappa shape index (κ3) is 2.81. The van der Waals surface area contributed by atoms with Crippen molar-refractivity contribution < 1.29 is 9.90 Å². The predicted molar refractivity (Wildman–Crippen MR) is 74.9 cm³/mol. The average Bonchev–Trinajstić information content (AvgIpc) is 2.72. The second-order valence-electron chi connectivity index (χ2n) is 4.60. The summed E-state index contributed by atoms with van der Waals surface area (Å²) in [5.41, 5.74) is 1.81. The fraction of sp³-hybridized carbons (Fsp3) is 0.357. The number of rotatable bonds is 6. The van der Waals surface area contributed by atoms with Crippen LogP contribution >= 0.6 is 0 Å². The fourth-order valence-corrected chi connectivity index (χ4v) is 2.41. The maximum Gasteiger partial charge on any atom is 0.176 e. The molecular weight excluding hydrogens is 242 g/mol. The Hall–Kier alpha value is -2.17. The van der Waals surface area contributed by atoms with E-state index in [1.54, 1.807) is 0 Å². The summed E-state index contributed by atoms with van der Waals surface area (Å²) in [4.78, 5) is 11.1. The van der Waals surface area contributed by atoms with Gasteiger partial charge in [-0.1, -0.05) is 6.08 Å². The van der Waals surface area contributed by atoms with Crippen LogP contribution in [0.5, 0.6) is 0 Å². The van der Waals surface area contributed by atoms with Crippen LogP contribution in [-0.4, -0.2) is 29.0 Å². The fourth-order valence-electron chi connectivity index (χ4n) is 2.41. The molecule has 1 aromatic rings. The molecule has 102 valence electrons. The topological polar surface area (TPSA) is 66.3 Å². The van der Waals surface area contributed by atoms with E-state index >= 15 is 0 Å². The van der Waals surface area contributed by atoms with Gasteiger partial charge in [0.05, 0.1) is 0 Å². The first kappa shape index (κ1) is 13.3. The Kier molecular flexibility index (Phi) is 3.94. The van der Waals surface area contributed by atoms with Crippen LogP contribution in [0.25, 0.3) is 11.8 Å². The molecule has 0 amide bonds. The summed E-state index contributed by atoms with van der Waals surface area (Å²) in [6.07, 6.45) is 6.77. The number of nitrogens with zero attached hydrogens (tertiary/aromatic N) is 1. The van der Waals surface area contributed by atoms with Crippen LogP contribution in [-0.2, 0) is 7.05 Å². The lowest BCUT2D eigenvalue weighted by atomic mass is 10.1. The molecule has 3 N–H and O–H groups in total. The lowest BCUT2D eigenvalue weighted by Crippen LogP contribution is -2.38. The Morgan fingerprint density at radius 1 is 1.58 bits per heavy atom. The molecule has 5 nitrogen and oxygen atoms in total. The molecule has 0 saturated heterocycles. The molecule has 1 aromatic heterocycles. The largest absolute Gasteiger partial charge is 0.495 e. The number of carbonyl (C=O) groups excluding carboxylic acids is 1. The maximum atomic E-state index is 11.1. The summed E-state index contributed by atoms with van der Waals surface area (Å²) < 4.78 is 1.98. The first-order valence-electron chi connectivity index (χ1n) is 6.33. The molecular formula is C14H19N3O2. The zero-order chi connectivity index (χ0) is 13.8. The molecule has 0 radical (unpaired) electrons. The number of aryl methyl sites for hydroxylation is 1. The Morgan fingerprint density at radius 3 is 3.05 bits per heavy atom. The molecule has 0 unspecified atom stereocenters. The van der Waals surface area contributed by atoms with E-state index in [1.165, 1.54) is 0 Å². The van der Waals surface area contributed by atoms with E-state index in [-0.39, 0.29) is 5.88 Å². The van der Waals surface area contributed by atoms with Crippen LogP contribution in [0.15, 0.2) is 18.7 Å². The summed E-state index contributed by atoms with van der Waals surface area (Å²) in [6.45, 7) is 4.61. The smallest absolute Gasteiger partial charge is 0.176 e. The average molecular weight is 261 g/mol. The van der Waals surface area contributed by atoms with Crippen molar-refractivity contribution in [1.82, 2.24) is 15.2 Å². The van der Waals surface area contributed by atoms with E-state index in [1.807, 2.05) is 17.8 Å². The van der Waals surface area contributed by atoms with Crippen molar-refractivity contribution in [1.29, 1.82) is 0 Å². The molecule has 0 atom stereocenters. The Labute approximate surface area is 111 Å². The summed E-state index contributed by atoms with van der Waals surface area (Å²) in [7, 11) is 1.95. The zero-order valence-electron chi connectivity index (χ0n) is 11.1. The highest BCUT2D eigenvalue weighted by Crippen LogP contribution is 2.05. The van der Waals surface area contributed by atoms with E-state index in [9.17, 15) is 4.79 Å². The van der Waals surface area contributed by atoms with Crippen LogP contribution in [0.2, 0.25) is 0 Å². The van der Waals surface area contributed by atoms with Gasteiger partial charge >= 0.3 is 0 Å². The highest BCUT2D eigenvalue weighted by Gasteiger charge is 2.11. The lowest BCUT2D eigenvalue weighted by molar-refractivity contribution is 0.112. The van der Waals surface area contributed by atoms with Gasteiger partial charge in [0.2, 0.25) is 0 Å². The van der Waals surface area contributed by atoms with Crippen molar-refractivity contribution >= 4 is 18.1 Å². The SMILES string of the molecule is C=C(O)NCCNC1=c2c(C=O)cn(C)c2=CCC1. The first-order chi connectivity index (χ1) is 9.13. The van der Waals surface area contributed by atoms with Crippen molar-refractivity contribution in [3.63, 3.8) is 0 Å². The number of hydrogen-bond acceptors (Lipinski definition) is 4. The molecule has 2 rings (SSSR count). The Bertz CT molecular complexity index is 613. The van der Waals surface area contributed by atoms with Gasteiger partial charge in [0, 0.05) is 48.2 Å². The quantitative estimate of drug-likeness (QED) is 0.375. The molecule has 0 aromatic carbocycles. The standard InChI is InChI=1S/C14H19N3O2/c1-10(19)15-6-7-16-12-4-3-5-13-14(12)11(9-18)8-17(13)2/h5,8-9,15-16,19H,1,3-4,6-7H2,2H3. The van der Waals surface area contributed by atoms with E-state index in [0.717, 1.165) is 41.0 Å². The van der Waals surface area contributed by atoms with E-state index in [2.05, 4.69) is 23.3 Å². The summed E-state index contributed by atoms with van der Waals surface area (Å²) in [6, 6.07) is 0. The van der Waals surface area contributed by atoms with E-state index < -0.39 is 0 Å². The summed E-state index contributed by atoms with van der Waals surface area (Å²) in [5.74, 6) is -0.0299. The molecule has 0 saturated carbocycles. The number of nitrogens with one attached hydrogen (secondary N) is 2. The number of aliphatic hydroxyl groups is 1. The minimum atomic E-state index is -0.0299. The van der Waals surface area contributed by atoms with Crippen LogP contribution in [0.3, 0.4) is 0 Å². The van der Waals surface area contributed by atoms with Crippen LogP contribution in [0.4, 0.5) is 0 Å². The molecule has 0 spiro atoms. The highest BCUT2D eigenvalue weighted by molar-refractivity contribution is 5.77. The number of aliphatic hydroxyl groups excluding tert-OH is 1. The molecule has 0 bridgehead atoms. The lowest BCUT2D eigenvalue weighted by Gasteiger charge is -2.13. The van der Waals surface area contributed by atoms with Crippen molar-refractivity contribution in [3.8, 4) is 0 Å². The number of hydrogen-bond donors (Lipinski definition) is 3. The van der Waals surface area contributed by atoms with Gasteiger partial charge in [-0.25, -0.2) is 0 Å². The Morgan fingerprint density at radius 2 is 2.37 bits per heavy atom. The molecule has 0 fully saturated rings. The van der Waals surface area contributed by atoms with Gasteiger partial charge in [-0.2, -0.15) is 0 Å². The van der Waals surface area contributed by atoms with Crippen LogP contribution < -0.4 is 21.2 Å². The first-order valence-corrected chi connectivity index (χ1v) is 6.33. The number of carbonyl (C=O) groups is 1. The van der Waals surface area contributed by atoms with Gasteiger partial charge < -0.3 is 20.3 Å². The minimum Gasteiger partial charge on any atom is -0.495 e. The van der Waals surface area contributed by atoms with Gasteiger partial charge in [0.1, 0.15) is 0 Å². The third-order valence-corrected chi connectivity index (χ3v) is 3.21. The van der Waals surface area contributed by atoms with E-state index in [0.29, 0.717) is 13.1 Å². The normalized spacial score (nSPS) is 13.4. The third-order valence-electron chi connectivity index (χ3n) is 3.21. The summed E-state index contributed by atoms with van der Waals surface area (Å²) >= 11 is 0. The zero-order valence-corrected chi connectivity index (χ0v) is 11.1. The second-order valence-corrected chi connectivity index (χ2v) is 4.60.